The molecule has 152 valence electrons. The summed E-state index contributed by atoms with van der Waals surface area (Å²) in [7, 11) is -0.838. The average Bonchev–Trinajstić information content (AvgIpc) is 2.61. The van der Waals surface area contributed by atoms with E-state index in [1.54, 1.807) is 0 Å². The van der Waals surface area contributed by atoms with Gasteiger partial charge in [-0.25, -0.2) is 17.7 Å². The van der Waals surface area contributed by atoms with Crippen molar-refractivity contribution in [2.75, 3.05) is 19.4 Å². The van der Waals surface area contributed by atoms with Gasteiger partial charge in [0, 0.05) is 20.3 Å². The number of aromatic nitrogens is 1. The Labute approximate surface area is 165 Å². The van der Waals surface area contributed by atoms with Gasteiger partial charge in [0.2, 0.25) is 15.9 Å². The minimum Gasteiger partial charge on any atom is -0.325 e. The van der Waals surface area contributed by atoms with Gasteiger partial charge in [-0.15, -0.1) is 0 Å². The number of pyridine rings is 1. The lowest BCUT2D eigenvalue weighted by Gasteiger charge is -2.16. The van der Waals surface area contributed by atoms with Crippen LogP contribution in [0.1, 0.15) is 12.5 Å². The van der Waals surface area contributed by atoms with E-state index in [2.05, 4.69) is 10.3 Å². The highest BCUT2D eigenvalue weighted by Gasteiger charge is 2.34. The Morgan fingerprint density at radius 1 is 1.18 bits per heavy atom. The summed E-state index contributed by atoms with van der Waals surface area (Å²) in [4.78, 5) is 16.3. The molecule has 0 aliphatic heterocycles. The first-order chi connectivity index (χ1) is 12.9. The molecule has 2 rings (SSSR count). The van der Waals surface area contributed by atoms with E-state index in [1.165, 1.54) is 57.5 Å². The molecule has 0 saturated carbocycles. The van der Waals surface area contributed by atoms with Crippen LogP contribution in [0.5, 0.6) is 0 Å². The van der Waals surface area contributed by atoms with Gasteiger partial charge < -0.3 is 5.32 Å². The number of nitrogens with zero attached hydrogens (tertiary/aromatic N) is 2. The van der Waals surface area contributed by atoms with Crippen LogP contribution in [-0.4, -0.2) is 43.0 Å². The summed E-state index contributed by atoms with van der Waals surface area (Å²) in [5.74, 6) is -0.631. The lowest BCUT2D eigenvalue weighted by Crippen LogP contribution is -2.24. The summed E-state index contributed by atoms with van der Waals surface area (Å²) in [6, 6.07) is 7.50. The van der Waals surface area contributed by atoms with Crippen LogP contribution in [0.25, 0.3) is 0 Å². The van der Waals surface area contributed by atoms with E-state index < -0.39 is 32.9 Å². The summed E-state index contributed by atoms with van der Waals surface area (Å²) in [6.07, 6.45) is -3.42. The Hall–Kier alpha value is -2.11. The van der Waals surface area contributed by atoms with E-state index in [4.69, 9.17) is 0 Å². The fraction of sp³-hybridized carbons (Fsp3) is 0.294. The molecule has 0 aliphatic carbocycles. The third-order valence-electron chi connectivity index (χ3n) is 3.64. The Balaban J connectivity index is 2.10. The molecule has 0 spiro atoms. The van der Waals surface area contributed by atoms with Crippen molar-refractivity contribution in [3.8, 4) is 0 Å². The highest BCUT2D eigenvalue weighted by Crippen LogP contribution is 2.35. The monoisotopic (exact) mass is 433 g/mol. The Morgan fingerprint density at radius 2 is 1.82 bits per heavy atom. The van der Waals surface area contributed by atoms with Crippen LogP contribution in [0, 0.1) is 0 Å². The molecule has 0 fully saturated rings. The summed E-state index contributed by atoms with van der Waals surface area (Å²) < 4.78 is 64.1. The number of hydrogen-bond acceptors (Lipinski definition) is 5. The number of halogens is 3. The maximum atomic E-state index is 13.0. The van der Waals surface area contributed by atoms with Gasteiger partial charge in [0.25, 0.3) is 0 Å². The van der Waals surface area contributed by atoms with Crippen LogP contribution in [-0.2, 0) is 21.0 Å². The third-order valence-corrected chi connectivity index (χ3v) is 6.49. The quantitative estimate of drug-likeness (QED) is 0.706. The Bertz CT molecular complexity index is 946. The number of nitrogens with one attached hydrogen (secondary N) is 1. The van der Waals surface area contributed by atoms with Gasteiger partial charge in [-0.1, -0.05) is 23.9 Å². The molecule has 1 aromatic heterocycles. The topological polar surface area (TPSA) is 79.4 Å². The highest BCUT2D eigenvalue weighted by molar-refractivity contribution is 8.00. The molecule has 1 atom stereocenters. The molecule has 6 nitrogen and oxygen atoms in total. The van der Waals surface area contributed by atoms with E-state index in [9.17, 15) is 26.4 Å². The number of carbonyl (C=O) groups excluding carboxylic acids is 1. The number of para-hydroxylation sites is 1. The predicted molar refractivity (Wildman–Crippen MR) is 101 cm³/mol. The van der Waals surface area contributed by atoms with Crippen LogP contribution >= 0.6 is 11.8 Å². The fourth-order valence-electron chi connectivity index (χ4n) is 2.11. The number of rotatable bonds is 6. The molecule has 0 saturated heterocycles. The summed E-state index contributed by atoms with van der Waals surface area (Å²) in [5.41, 5.74) is -1.26. The molecular formula is C17H18F3N3O3S2. The van der Waals surface area contributed by atoms with Crippen molar-refractivity contribution in [3.63, 3.8) is 0 Å². The number of hydrogen-bond donors (Lipinski definition) is 1. The second kappa shape index (κ2) is 8.50. The van der Waals surface area contributed by atoms with Crippen molar-refractivity contribution >= 4 is 33.4 Å². The normalized spacial score (nSPS) is 13.4. The lowest BCUT2D eigenvalue weighted by atomic mass is 10.1. The second-order valence-electron chi connectivity index (χ2n) is 5.91. The highest BCUT2D eigenvalue weighted by atomic mass is 32.2. The van der Waals surface area contributed by atoms with Crippen molar-refractivity contribution in [1.29, 1.82) is 0 Å². The first-order valence-electron chi connectivity index (χ1n) is 7.95. The van der Waals surface area contributed by atoms with Gasteiger partial charge in [-0.2, -0.15) is 13.2 Å². The zero-order valence-corrected chi connectivity index (χ0v) is 16.8. The van der Waals surface area contributed by atoms with Gasteiger partial charge in [0.15, 0.2) is 0 Å². The maximum Gasteiger partial charge on any atom is 0.418 e. The van der Waals surface area contributed by atoms with E-state index in [0.717, 1.165) is 22.1 Å². The number of carbonyl (C=O) groups is 1. The SMILES string of the molecule is C[C@H](Sc1ccc(S(=O)(=O)N(C)C)cn1)C(=O)Nc1ccccc1C(F)(F)F. The number of sulfonamides is 1. The smallest absolute Gasteiger partial charge is 0.325 e. The number of alkyl halides is 3. The van der Waals surface area contributed by atoms with Crippen molar-refractivity contribution < 1.29 is 26.4 Å². The standard InChI is InChI=1S/C17H18F3N3O3S2/c1-11(16(24)22-14-7-5-4-6-13(14)17(18,19)20)27-15-9-8-12(10-21-15)28(25,26)23(2)3/h4-11H,1-3H3,(H,22,24)/t11-/m0/s1. The molecule has 1 N–H and O–H groups in total. The maximum absolute atomic E-state index is 13.0. The van der Waals surface area contributed by atoms with Crippen LogP contribution in [0.2, 0.25) is 0 Å². The molecule has 2 aromatic rings. The van der Waals surface area contributed by atoms with E-state index in [0.29, 0.717) is 5.03 Å². The molecule has 1 heterocycles. The average molecular weight is 433 g/mol. The summed E-state index contributed by atoms with van der Waals surface area (Å²) in [5, 5.41) is 1.88. The first kappa shape index (κ1) is 22.2. The summed E-state index contributed by atoms with van der Waals surface area (Å²) in [6.45, 7) is 1.52. The van der Waals surface area contributed by atoms with Gasteiger partial charge in [0.05, 0.1) is 21.5 Å². The second-order valence-corrected chi connectivity index (χ2v) is 9.43. The number of amides is 1. The van der Waals surface area contributed by atoms with Gasteiger partial charge in [-0.3, -0.25) is 4.79 Å². The predicted octanol–water partition coefficient (Wildman–Crippen LogP) is 3.47. The van der Waals surface area contributed by atoms with Gasteiger partial charge >= 0.3 is 6.18 Å². The molecule has 1 amide bonds. The van der Waals surface area contributed by atoms with Crippen molar-refractivity contribution in [2.45, 2.75) is 28.3 Å². The zero-order chi connectivity index (χ0) is 21.1. The van der Waals surface area contributed by atoms with Crippen LogP contribution in [0.3, 0.4) is 0 Å². The molecule has 1 aromatic carbocycles. The molecule has 0 unspecified atom stereocenters. The van der Waals surface area contributed by atoms with Crippen molar-refractivity contribution in [2.24, 2.45) is 0 Å². The van der Waals surface area contributed by atoms with Crippen molar-refractivity contribution in [3.05, 3.63) is 48.2 Å². The number of thioether (sulfide) groups is 1. The lowest BCUT2D eigenvalue weighted by molar-refractivity contribution is -0.137. The van der Waals surface area contributed by atoms with Gasteiger partial charge in [-0.05, 0) is 31.2 Å². The number of benzene rings is 1. The Kier molecular flexibility index (Phi) is 6.73. The molecule has 0 aliphatic rings. The molecule has 0 bridgehead atoms. The van der Waals surface area contributed by atoms with Gasteiger partial charge in [0.1, 0.15) is 4.90 Å². The van der Waals surface area contributed by atoms with Crippen LogP contribution < -0.4 is 5.32 Å². The van der Waals surface area contributed by atoms with E-state index in [1.807, 2.05) is 0 Å². The minimum atomic E-state index is -4.59. The number of anilines is 1. The van der Waals surface area contributed by atoms with Crippen LogP contribution in [0.15, 0.2) is 52.5 Å². The molecule has 0 radical (unpaired) electrons. The summed E-state index contributed by atoms with van der Waals surface area (Å²) >= 11 is 0.999. The van der Waals surface area contributed by atoms with E-state index >= 15 is 0 Å². The molecular weight excluding hydrogens is 415 g/mol. The largest absolute Gasteiger partial charge is 0.418 e. The first-order valence-corrected chi connectivity index (χ1v) is 10.3. The Morgan fingerprint density at radius 3 is 2.36 bits per heavy atom. The van der Waals surface area contributed by atoms with Crippen molar-refractivity contribution in [1.82, 2.24) is 9.29 Å². The molecule has 11 heteroatoms. The van der Waals surface area contributed by atoms with E-state index in [-0.39, 0.29) is 10.6 Å². The molecule has 28 heavy (non-hydrogen) atoms. The minimum absolute atomic E-state index is 0.00180. The fourth-order valence-corrected chi connectivity index (χ4v) is 3.74. The zero-order valence-electron chi connectivity index (χ0n) is 15.2. The third kappa shape index (κ3) is 5.24. The van der Waals surface area contributed by atoms with Crippen LogP contribution in [0.4, 0.5) is 18.9 Å².